The molecule has 7 atom stereocenters. The van der Waals surface area contributed by atoms with E-state index in [1.807, 2.05) is 44.1 Å². The van der Waals surface area contributed by atoms with Crippen molar-refractivity contribution in [1.29, 1.82) is 0 Å². The molecule has 4 rings (SSSR count). The number of Topliss-reactive ketones (excluding diaryl/α,β-unsaturated/α-hetero) is 3. The highest BCUT2D eigenvalue weighted by molar-refractivity contribution is 6.25. The molecule has 0 spiro atoms. The van der Waals surface area contributed by atoms with Crippen LogP contribution in [-0.2, 0) is 27.3 Å². The van der Waals surface area contributed by atoms with E-state index < -0.39 is 64.7 Å². The van der Waals surface area contributed by atoms with Gasteiger partial charge < -0.3 is 35.8 Å². The molecule has 0 aliphatic heterocycles. The van der Waals surface area contributed by atoms with Gasteiger partial charge in [-0.1, -0.05) is 0 Å². The Hall–Kier alpha value is -2.86. The maximum Gasteiger partial charge on any atom is 0.230 e. The molecule has 1 aromatic rings. The number of fused-ring (bicyclic) bond motifs is 3. The smallest absolute Gasteiger partial charge is 0.230 e. The van der Waals surface area contributed by atoms with E-state index in [0.717, 1.165) is 5.69 Å². The summed E-state index contributed by atoms with van der Waals surface area (Å²) in [5.41, 5.74) is 4.63. The standard InChI is InChI=1S/C26H36N4O7/c1-28(2)10-12-9-15(29(3)4)13-7-11-8-14-19(30(5)6)22(33)18(25(27)36)24(35)26(14,37)23(34)16(11)21(32)17(13)20(12)31/h9,11,14,16,18-19,22,31,33,37H,7-8,10H2,1-6H3,(H2,27,36)/t11-,14-,16?,18?,19?,22?,26-/m1/s1. The lowest BCUT2D eigenvalue weighted by Gasteiger charge is -2.55. The van der Waals surface area contributed by atoms with E-state index in [9.17, 15) is 34.5 Å². The van der Waals surface area contributed by atoms with Gasteiger partial charge in [0.1, 0.15) is 11.7 Å². The number of aliphatic hydroxyl groups excluding tert-OH is 1. The Morgan fingerprint density at radius 2 is 1.73 bits per heavy atom. The lowest BCUT2D eigenvalue weighted by Crippen LogP contribution is -2.75. The molecule has 4 unspecified atom stereocenters. The first-order valence-corrected chi connectivity index (χ1v) is 12.3. The number of ketones is 3. The molecule has 0 radical (unpaired) electrons. The first kappa shape index (κ1) is 27.2. The average Bonchev–Trinajstić information content (AvgIpc) is 2.77. The molecule has 5 N–H and O–H groups in total. The lowest BCUT2D eigenvalue weighted by molar-refractivity contribution is -0.190. The Morgan fingerprint density at radius 3 is 2.24 bits per heavy atom. The topological polar surface area (TPSA) is 165 Å². The van der Waals surface area contributed by atoms with Crippen molar-refractivity contribution in [3.8, 4) is 5.75 Å². The number of amides is 1. The van der Waals surface area contributed by atoms with Gasteiger partial charge in [0, 0.05) is 43.9 Å². The van der Waals surface area contributed by atoms with Crippen LogP contribution in [0.2, 0.25) is 0 Å². The molecule has 1 amide bonds. The molecule has 0 heterocycles. The summed E-state index contributed by atoms with van der Waals surface area (Å²) in [6, 6.07) is 0.905. The monoisotopic (exact) mass is 516 g/mol. The molecule has 202 valence electrons. The summed E-state index contributed by atoms with van der Waals surface area (Å²) < 4.78 is 0. The maximum absolute atomic E-state index is 13.9. The number of aromatic hydroxyl groups is 1. The zero-order valence-corrected chi connectivity index (χ0v) is 22.1. The van der Waals surface area contributed by atoms with Crippen LogP contribution in [-0.4, -0.2) is 108 Å². The van der Waals surface area contributed by atoms with Crippen molar-refractivity contribution < 1.29 is 34.5 Å². The number of likely N-dealkylation sites (N-methyl/N-ethyl adjacent to an activating group) is 1. The molecule has 0 saturated heterocycles. The number of nitrogens with two attached hydrogens (primary N) is 1. The Balaban J connectivity index is 1.89. The lowest BCUT2D eigenvalue weighted by atomic mass is 9.52. The molecule has 0 bridgehead atoms. The number of phenols is 1. The predicted molar refractivity (Wildman–Crippen MR) is 134 cm³/mol. The minimum Gasteiger partial charge on any atom is -0.507 e. The Labute approximate surface area is 215 Å². The molecule has 2 saturated carbocycles. The van der Waals surface area contributed by atoms with Gasteiger partial charge in [0.15, 0.2) is 23.0 Å². The second kappa shape index (κ2) is 9.16. The molecule has 2 fully saturated rings. The number of phenolic OH excluding ortho intramolecular Hbond substituents is 1. The van der Waals surface area contributed by atoms with E-state index in [1.165, 1.54) is 0 Å². The van der Waals surface area contributed by atoms with E-state index in [-0.39, 0.29) is 24.2 Å². The van der Waals surface area contributed by atoms with Gasteiger partial charge in [-0.05, 0) is 58.6 Å². The van der Waals surface area contributed by atoms with Crippen molar-refractivity contribution in [2.75, 3.05) is 47.2 Å². The van der Waals surface area contributed by atoms with Crippen LogP contribution in [0.4, 0.5) is 5.69 Å². The van der Waals surface area contributed by atoms with Gasteiger partial charge in [-0.15, -0.1) is 0 Å². The maximum atomic E-state index is 13.9. The molecular formula is C26H36N4O7. The Kier molecular flexibility index (Phi) is 6.73. The fourth-order valence-electron chi connectivity index (χ4n) is 6.78. The third-order valence-corrected chi connectivity index (χ3v) is 8.31. The molecule has 37 heavy (non-hydrogen) atoms. The molecular weight excluding hydrogens is 480 g/mol. The molecule has 11 nitrogen and oxygen atoms in total. The summed E-state index contributed by atoms with van der Waals surface area (Å²) in [4.78, 5) is 58.7. The fourth-order valence-corrected chi connectivity index (χ4v) is 6.78. The van der Waals surface area contributed by atoms with Crippen LogP contribution >= 0.6 is 0 Å². The molecule has 3 aliphatic carbocycles. The predicted octanol–water partition coefficient (Wildman–Crippen LogP) is -1.21. The van der Waals surface area contributed by atoms with E-state index in [4.69, 9.17) is 5.73 Å². The van der Waals surface area contributed by atoms with Gasteiger partial charge in [0.2, 0.25) is 5.91 Å². The van der Waals surface area contributed by atoms with Crippen molar-refractivity contribution in [3.63, 3.8) is 0 Å². The van der Waals surface area contributed by atoms with Gasteiger partial charge in [0.05, 0.1) is 17.6 Å². The Bertz CT molecular complexity index is 1180. The van der Waals surface area contributed by atoms with E-state index in [0.29, 0.717) is 17.7 Å². The number of rotatable bonds is 5. The van der Waals surface area contributed by atoms with E-state index >= 15 is 0 Å². The van der Waals surface area contributed by atoms with Gasteiger partial charge >= 0.3 is 0 Å². The number of hydrogen-bond acceptors (Lipinski definition) is 10. The summed E-state index contributed by atoms with van der Waals surface area (Å²) in [6.07, 6.45) is -1.17. The summed E-state index contributed by atoms with van der Waals surface area (Å²) in [5, 5.41) is 33.8. The highest BCUT2D eigenvalue weighted by atomic mass is 16.3. The zero-order chi connectivity index (χ0) is 27.7. The highest BCUT2D eigenvalue weighted by Gasteiger charge is 2.69. The molecule has 1 aromatic carbocycles. The average molecular weight is 517 g/mol. The van der Waals surface area contributed by atoms with Crippen molar-refractivity contribution >= 4 is 28.9 Å². The number of hydrogen-bond donors (Lipinski definition) is 4. The van der Waals surface area contributed by atoms with Gasteiger partial charge in [-0.2, -0.15) is 0 Å². The number of anilines is 1. The van der Waals surface area contributed by atoms with E-state index in [2.05, 4.69) is 0 Å². The molecule has 3 aliphatic rings. The summed E-state index contributed by atoms with van der Waals surface area (Å²) >= 11 is 0. The number of primary amides is 1. The third kappa shape index (κ3) is 3.87. The summed E-state index contributed by atoms with van der Waals surface area (Å²) in [7, 11) is 10.5. The van der Waals surface area contributed by atoms with Crippen molar-refractivity contribution in [2.24, 2.45) is 29.4 Å². The number of carbonyl (C=O) groups excluding carboxylic acids is 4. The van der Waals surface area contributed by atoms with Gasteiger partial charge in [0.25, 0.3) is 0 Å². The van der Waals surface area contributed by atoms with Crippen molar-refractivity contribution in [1.82, 2.24) is 9.80 Å². The van der Waals surface area contributed by atoms with Crippen LogP contribution < -0.4 is 10.6 Å². The minimum absolute atomic E-state index is 0.0265. The Morgan fingerprint density at radius 1 is 1.11 bits per heavy atom. The van der Waals surface area contributed by atoms with Crippen LogP contribution in [0.1, 0.15) is 27.9 Å². The number of benzene rings is 1. The first-order valence-electron chi connectivity index (χ1n) is 12.3. The molecule has 11 heteroatoms. The number of carbonyl (C=O) groups is 4. The van der Waals surface area contributed by atoms with Crippen LogP contribution in [0, 0.1) is 23.7 Å². The summed E-state index contributed by atoms with van der Waals surface area (Å²) in [6.45, 7) is 0.350. The highest BCUT2D eigenvalue weighted by Crippen LogP contribution is 2.52. The van der Waals surface area contributed by atoms with Crippen LogP contribution in [0.3, 0.4) is 0 Å². The quantitative estimate of drug-likeness (QED) is 0.349. The van der Waals surface area contributed by atoms with Crippen LogP contribution in [0.25, 0.3) is 0 Å². The van der Waals surface area contributed by atoms with Crippen LogP contribution in [0.15, 0.2) is 6.07 Å². The number of nitrogens with zero attached hydrogens (tertiary/aromatic N) is 3. The third-order valence-electron chi connectivity index (χ3n) is 8.31. The second-order valence-electron chi connectivity index (χ2n) is 11.4. The van der Waals surface area contributed by atoms with Crippen LogP contribution in [0.5, 0.6) is 5.75 Å². The fraction of sp³-hybridized carbons (Fsp3) is 0.615. The SMILES string of the molecule is CN(C)Cc1cc(N(C)C)c2c(c1O)C(=O)C1C(=O)[C@@]3(O)C(=O)C(C(N)=O)C(O)C(N(C)C)[C@H]3C[C@H]1C2. The second-order valence-corrected chi connectivity index (χ2v) is 11.4. The van der Waals surface area contributed by atoms with E-state index in [1.54, 1.807) is 19.0 Å². The van der Waals surface area contributed by atoms with Gasteiger partial charge in [-0.3, -0.25) is 19.2 Å². The summed E-state index contributed by atoms with van der Waals surface area (Å²) in [5.74, 6) is -8.96. The normalized spacial score (nSPS) is 33.3. The number of aliphatic hydroxyl groups is 2. The van der Waals surface area contributed by atoms with Gasteiger partial charge in [-0.25, -0.2) is 0 Å². The molecule has 0 aromatic heterocycles. The van der Waals surface area contributed by atoms with Crippen molar-refractivity contribution in [3.05, 3.63) is 22.8 Å². The first-order chi connectivity index (χ1) is 17.1. The minimum atomic E-state index is -2.66. The van der Waals surface area contributed by atoms with Crippen molar-refractivity contribution in [2.45, 2.75) is 37.1 Å². The zero-order valence-electron chi connectivity index (χ0n) is 22.1. The largest absolute Gasteiger partial charge is 0.507 e.